The molecule has 3 unspecified atom stereocenters. The molecule has 0 spiro atoms. The summed E-state index contributed by atoms with van der Waals surface area (Å²) in [6.07, 6.45) is 2.21. The van der Waals surface area contributed by atoms with Gasteiger partial charge in [0.25, 0.3) is 5.72 Å². The lowest BCUT2D eigenvalue weighted by atomic mass is 10.00. The fourth-order valence-corrected chi connectivity index (χ4v) is 3.57. The highest BCUT2D eigenvalue weighted by molar-refractivity contribution is 5.82. The van der Waals surface area contributed by atoms with Crippen molar-refractivity contribution in [3.8, 4) is 11.5 Å². The van der Waals surface area contributed by atoms with E-state index in [9.17, 15) is 24.3 Å². The summed E-state index contributed by atoms with van der Waals surface area (Å²) in [6.45, 7) is 13.7. The van der Waals surface area contributed by atoms with Gasteiger partial charge in [0.2, 0.25) is 0 Å². The third-order valence-electron chi connectivity index (χ3n) is 6.92. The van der Waals surface area contributed by atoms with Crippen LogP contribution in [-0.4, -0.2) is 54.3 Å². The van der Waals surface area contributed by atoms with Crippen LogP contribution in [0.3, 0.4) is 0 Å². The molecule has 0 aliphatic rings. The summed E-state index contributed by atoms with van der Waals surface area (Å²) < 4.78 is 26.6. The number of aliphatic carboxylic acids is 1. The molecule has 0 fully saturated rings. The third-order valence-corrected chi connectivity index (χ3v) is 6.92. The summed E-state index contributed by atoms with van der Waals surface area (Å²) in [5.74, 6) is -2.10. The first-order chi connectivity index (χ1) is 19.9. The number of hydrogen-bond acceptors (Lipinski definition) is 10. The Morgan fingerprint density at radius 1 is 0.833 bits per heavy atom. The molecule has 11 heteroatoms. The molecule has 0 bridgehead atoms. The molecule has 0 saturated carbocycles. The van der Waals surface area contributed by atoms with Crippen molar-refractivity contribution in [3.63, 3.8) is 0 Å². The van der Waals surface area contributed by atoms with Crippen molar-refractivity contribution < 1.29 is 48.0 Å². The predicted octanol–water partition coefficient (Wildman–Crippen LogP) is 6.64. The zero-order valence-electron chi connectivity index (χ0n) is 26.2. The van der Waals surface area contributed by atoms with Crippen LogP contribution in [0, 0.1) is 11.8 Å². The molecule has 42 heavy (non-hydrogen) atoms. The second-order valence-electron chi connectivity index (χ2n) is 10.8. The molecule has 11 nitrogen and oxygen atoms in total. The van der Waals surface area contributed by atoms with Crippen LogP contribution < -0.4 is 14.8 Å². The van der Waals surface area contributed by atoms with Crippen LogP contribution in [0.1, 0.15) is 99.0 Å². The van der Waals surface area contributed by atoms with Gasteiger partial charge in [-0.05, 0) is 49.3 Å². The maximum atomic E-state index is 12.7. The Morgan fingerprint density at radius 2 is 1.40 bits per heavy atom. The third kappa shape index (κ3) is 13.1. The van der Waals surface area contributed by atoms with Crippen molar-refractivity contribution >= 4 is 24.2 Å². The van der Waals surface area contributed by atoms with E-state index in [1.54, 1.807) is 6.92 Å². The van der Waals surface area contributed by atoms with Gasteiger partial charge < -0.3 is 28.8 Å². The summed E-state index contributed by atoms with van der Waals surface area (Å²) in [5, 5.41) is 13.2. The van der Waals surface area contributed by atoms with Crippen LogP contribution >= 0.6 is 0 Å². The first-order valence-electron chi connectivity index (χ1n) is 14.9. The molecule has 0 radical (unpaired) electrons. The smallest absolute Gasteiger partial charge is 0.477 e. The van der Waals surface area contributed by atoms with E-state index in [1.165, 1.54) is 18.2 Å². The maximum Gasteiger partial charge on any atom is 0.513 e. The first kappa shape index (κ1) is 36.7. The second kappa shape index (κ2) is 19.0. The highest BCUT2D eigenvalue weighted by Crippen LogP contribution is 2.32. The standard InChI is InChI=1S/C31H49NO10/c1-8-12-13-14-27(33)42-31(28(34)35,32-23(7)11-4)18-24-15-16-25(40-29(36)38-19-21(5)9-2)26(17-24)41-30(37)39-20-22(6)10-3/h15-17,21-23,32H,8-14,18-20H2,1-7H3,(H,34,35)/t21?,22?,23?,31-/m0/s1. The van der Waals surface area contributed by atoms with Crippen LogP contribution in [0.5, 0.6) is 11.5 Å². The highest BCUT2D eigenvalue weighted by atomic mass is 16.7. The Kier molecular flexibility index (Phi) is 16.6. The van der Waals surface area contributed by atoms with E-state index in [4.69, 9.17) is 23.7 Å². The predicted molar refractivity (Wildman–Crippen MR) is 156 cm³/mol. The van der Waals surface area contributed by atoms with Crippen LogP contribution in [-0.2, 0) is 30.2 Å². The van der Waals surface area contributed by atoms with Gasteiger partial charge in [0, 0.05) is 18.9 Å². The molecule has 0 amide bonds. The minimum atomic E-state index is -2.09. The molecule has 1 aromatic carbocycles. The first-order valence-corrected chi connectivity index (χ1v) is 14.9. The Morgan fingerprint density at radius 3 is 1.90 bits per heavy atom. The Bertz CT molecular complexity index is 1010. The summed E-state index contributed by atoms with van der Waals surface area (Å²) in [4.78, 5) is 50.1. The molecule has 1 aromatic rings. The molecular weight excluding hydrogens is 546 g/mol. The van der Waals surface area contributed by atoms with Crippen molar-refractivity contribution in [1.29, 1.82) is 0 Å². The zero-order chi connectivity index (χ0) is 31.7. The average Bonchev–Trinajstić information content (AvgIpc) is 2.95. The molecule has 0 aromatic heterocycles. The zero-order valence-corrected chi connectivity index (χ0v) is 26.2. The number of nitrogens with one attached hydrogen (secondary N) is 1. The minimum Gasteiger partial charge on any atom is -0.477 e. The van der Waals surface area contributed by atoms with Crippen molar-refractivity contribution in [2.45, 2.75) is 112 Å². The van der Waals surface area contributed by atoms with Gasteiger partial charge in [0.05, 0.1) is 13.2 Å². The number of carbonyl (C=O) groups is 4. The number of unbranched alkanes of at least 4 members (excludes halogenated alkanes) is 2. The van der Waals surface area contributed by atoms with Crippen molar-refractivity contribution in [2.24, 2.45) is 11.8 Å². The number of benzene rings is 1. The van der Waals surface area contributed by atoms with Gasteiger partial charge in [-0.2, -0.15) is 0 Å². The van der Waals surface area contributed by atoms with E-state index in [0.29, 0.717) is 18.4 Å². The molecule has 0 aliphatic carbocycles. The highest BCUT2D eigenvalue weighted by Gasteiger charge is 2.44. The molecule has 0 saturated heterocycles. The number of esters is 1. The van der Waals surface area contributed by atoms with E-state index in [1.807, 2.05) is 41.5 Å². The number of hydrogen-bond donors (Lipinski definition) is 2. The van der Waals surface area contributed by atoms with E-state index >= 15 is 0 Å². The lowest BCUT2D eigenvalue weighted by Crippen LogP contribution is -2.59. The van der Waals surface area contributed by atoms with Gasteiger partial charge in [-0.3, -0.25) is 10.1 Å². The average molecular weight is 596 g/mol. The van der Waals surface area contributed by atoms with Gasteiger partial charge in [0.15, 0.2) is 11.5 Å². The van der Waals surface area contributed by atoms with Crippen molar-refractivity contribution in [2.75, 3.05) is 13.2 Å². The summed E-state index contributed by atoms with van der Waals surface area (Å²) in [5.41, 5.74) is -1.76. The molecule has 2 N–H and O–H groups in total. The second-order valence-corrected chi connectivity index (χ2v) is 10.8. The van der Waals surface area contributed by atoms with E-state index in [2.05, 4.69) is 5.32 Å². The molecule has 238 valence electrons. The lowest BCUT2D eigenvalue weighted by molar-refractivity contribution is -0.184. The Labute approximate surface area is 249 Å². The molecule has 0 aliphatic heterocycles. The van der Waals surface area contributed by atoms with Crippen LogP contribution in [0.15, 0.2) is 18.2 Å². The largest absolute Gasteiger partial charge is 0.513 e. The number of carboxylic acid groups (broad SMARTS) is 1. The fraction of sp³-hybridized carbons (Fsp3) is 0.677. The van der Waals surface area contributed by atoms with Crippen LogP contribution in [0.25, 0.3) is 0 Å². The fourth-order valence-electron chi connectivity index (χ4n) is 3.57. The summed E-state index contributed by atoms with van der Waals surface area (Å²) >= 11 is 0. The molecule has 0 heterocycles. The quantitative estimate of drug-likeness (QED) is 0.0583. The Hall–Kier alpha value is -3.34. The number of carbonyl (C=O) groups excluding carboxylic acids is 3. The number of rotatable bonds is 19. The van der Waals surface area contributed by atoms with Crippen LogP contribution in [0.2, 0.25) is 0 Å². The summed E-state index contributed by atoms with van der Waals surface area (Å²) in [7, 11) is 0. The van der Waals surface area contributed by atoms with Gasteiger partial charge in [-0.1, -0.05) is 73.3 Å². The normalized spacial score (nSPS) is 14.5. The van der Waals surface area contributed by atoms with Gasteiger partial charge in [0.1, 0.15) is 0 Å². The van der Waals surface area contributed by atoms with Gasteiger partial charge >= 0.3 is 24.2 Å². The van der Waals surface area contributed by atoms with E-state index in [0.717, 1.165) is 25.7 Å². The SMILES string of the molecule is CCCCCC(=O)O[C@](Cc1ccc(OC(=O)OCC(C)CC)c(OC(=O)OCC(C)CC)c1)(NC(C)CC)C(=O)O. The summed E-state index contributed by atoms with van der Waals surface area (Å²) in [6, 6.07) is 3.90. The van der Waals surface area contributed by atoms with E-state index < -0.39 is 30.0 Å². The lowest BCUT2D eigenvalue weighted by Gasteiger charge is -2.33. The Balaban J connectivity index is 3.37. The van der Waals surface area contributed by atoms with Gasteiger partial charge in [-0.25, -0.2) is 14.4 Å². The minimum absolute atomic E-state index is 0.0764. The van der Waals surface area contributed by atoms with Crippen LogP contribution in [0.4, 0.5) is 9.59 Å². The van der Waals surface area contributed by atoms with Gasteiger partial charge in [-0.15, -0.1) is 0 Å². The maximum absolute atomic E-state index is 12.7. The number of ether oxygens (including phenoxy) is 5. The monoisotopic (exact) mass is 595 g/mol. The number of carboxylic acids is 1. The molecule has 1 rings (SSSR count). The molecule has 4 atom stereocenters. The van der Waals surface area contributed by atoms with Crippen molar-refractivity contribution in [3.05, 3.63) is 23.8 Å². The topological polar surface area (TPSA) is 147 Å². The van der Waals surface area contributed by atoms with E-state index in [-0.39, 0.29) is 55.4 Å². The molecular formula is C31H49NO10. The van der Waals surface area contributed by atoms with Crippen molar-refractivity contribution in [1.82, 2.24) is 5.32 Å².